The highest BCUT2D eigenvalue weighted by molar-refractivity contribution is 7.97. The first-order valence-electron chi connectivity index (χ1n) is 8.50. The molecule has 1 fully saturated rings. The van der Waals surface area contributed by atoms with Crippen LogP contribution in [-0.2, 0) is 4.74 Å². The van der Waals surface area contributed by atoms with E-state index in [0.29, 0.717) is 0 Å². The predicted octanol–water partition coefficient (Wildman–Crippen LogP) is 3.49. The van der Waals surface area contributed by atoms with Gasteiger partial charge in [0, 0.05) is 24.2 Å². The van der Waals surface area contributed by atoms with Crippen molar-refractivity contribution in [3.8, 4) is 28.5 Å². The third kappa shape index (κ3) is 3.75. The number of nitrogens with one attached hydrogen (secondary N) is 1. The zero-order valence-corrected chi connectivity index (χ0v) is 15.3. The molecule has 0 amide bonds. The molecule has 6 nitrogen and oxygen atoms in total. The van der Waals surface area contributed by atoms with Crippen LogP contribution in [0.15, 0.2) is 53.4 Å². The van der Waals surface area contributed by atoms with E-state index in [4.69, 9.17) is 9.47 Å². The number of hydrogen-bond donors (Lipinski definition) is 1. The summed E-state index contributed by atoms with van der Waals surface area (Å²) in [6.07, 6.45) is 0. The molecule has 0 spiro atoms. The third-order valence-electron chi connectivity index (χ3n) is 4.17. The van der Waals surface area contributed by atoms with Crippen LogP contribution in [0.1, 0.15) is 0 Å². The standard InChI is InChI=1S/C19H20N4O2S/c1-24-16-8-7-15(13-17(16)26-23-9-11-25-12-10-23)19-20-18(21-22-19)14-5-3-2-4-6-14/h2-8,13H,9-12H2,1H3,(H,20,21,22). The highest BCUT2D eigenvalue weighted by Crippen LogP contribution is 2.35. The second kappa shape index (κ2) is 7.90. The minimum absolute atomic E-state index is 0.746. The average molecular weight is 368 g/mol. The lowest BCUT2D eigenvalue weighted by Crippen LogP contribution is -2.30. The molecule has 7 heteroatoms. The van der Waals surface area contributed by atoms with E-state index in [-0.39, 0.29) is 0 Å². The number of ether oxygens (including phenoxy) is 2. The van der Waals surface area contributed by atoms with Crippen LogP contribution in [0.4, 0.5) is 0 Å². The molecule has 3 aromatic rings. The van der Waals surface area contributed by atoms with E-state index in [1.165, 1.54) is 0 Å². The largest absolute Gasteiger partial charge is 0.496 e. The Kier molecular flexibility index (Phi) is 5.19. The van der Waals surface area contributed by atoms with Crippen LogP contribution >= 0.6 is 11.9 Å². The summed E-state index contributed by atoms with van der Waals surface area (Å²) in [7, 11) is 1.69. The number of aromatic amines is 1. The Hall–Kier alpha value is -2.35. The van der Waals surface area contributed by atoms with E-state index in [0.717, 1.165) is 59.7 Å². The van der Waals surface area contributed by atoms with Crippen molar-refractivity contribution in [1.29, 1.82) is 0 Å². The van der Waals surface area contributed by atoms with Crippen molar-refractivity contribution in [3.05, 3.63) is 48.5 Å². The van der Waals surface area contributed by atoms with Gasteiger partial charge in [0.2, 0.25) is 0 Å². The van der Waals surface area contributed by atoms with Gasteiger partial charge in [-0.05, 0) is 30.1 Å². The molecule has 0 aliphatic carbocycles. The molecule has 1 aromatic heterocycles. The molecule has 0 radical (unpaired) electrons. The summed E-state index contributed by atoms with van der Waals surface area (Å²) in [6, 6.07) is 16.0. The Morgan fingerprint density at radius 3 is 2.46 bits per heavy atom. The summed E-state index contributed by atoms with van der Waals surface area (Å²) in [5.74, 6) is 2.36. The van der Waals surface area contributed by atoms with Crippen molar-refractivity contribution < 1.29 is 9.47 Å². The normalized spacial score (nSPS) is 15.1. The fourth-order valence-electron chi connectivity index (χ4n) is 2.79. The number of aromatic nitrogens is 3. The molecule has 0 bridgehead atoms. The molecule has 2 heterocycles. The smallest absolute Gasteiger partial charge is 0.161 e. The van der Waals surface area contributed by atoms with Crippen molar-refractivity contribution in [2.24, 2.45) is 0 Å². The van der Waals surface area contributed by atoms with Gasteiger partial charge in [-0.2, -0.15) is 0 Å². The minimum Gasteiger partial charge on any atom is -0.496 e. The van der Waals surface area contributed by atoms with Crippen molar-refractivity contribution in [2.75, 3.05) is 33.4 Å². The fourth-order valence-corrected chi connectivity index (χ4v) is 3.82. The topological polar surface area (TPSA) is 63.3 Å². The molecule has 1 N–H and O–H groups in total. The maximum Gasteiger partial charge on any atom is 0.161 e. The number of methoxy groups -OCH3 is 1. The van der Waals surface area contributed by atoms with Crippen molar-refractivity contribution in [2.45, 2.75) is 4.90 Å². The van der Waals surface area contributed by atoms with Gasteiger partial charge >= 0.3 is 0 Å². The lowest BCUT2D eigenvalue weighted by atomic mass is 10.2. The van der Waals surface area contributed by atoms with Crippen molar-refractivity contribution in [1.82, 2.24) is 19.5 Å². The van der Waals surface area contributed by atoms with Crippen LogP contribution in [0.25, 0.3) is 22.8 Å². The Morgan fingerprint density at radius 2 is 1.73 bits per heavy atom. The molecule has 1 saturated heterocycles. The number of morpholine rings is 1. The van der Waals surface area contributed by atoms with Gasteiger partial charge in [0.1, 0.15) is 5.75 Å². The molecule has 2 aromatic carbocycles. The first kappa shape index (κ1) is 17.1. The summed E-state index contributed by atoms with van der Waals surface area (Å²) in [5.41, 5.74) is 2.00. The fraction of sp³-hybridized carbons (Fsp3) is 0.263. The minimum atomic E-state index is 0.746. The van der Waals surface area contributed by atoms with Crippen LogP contribution in [0.3, 0.4) is 0 Å². The molecule has 0 saturated carbocycles. The van der Waals surface area contributed by atoms with Crippen LogP contribution in [0.5, 0.6) is 5.75 Å². The number of hydrogen-bond acceptors (Lipinski definition) is 6. The summed E-state index contributed by atoms with van der Waals surface area (Å²) in [4.78, 5) is 4.37. The molecule has 0 atom stereocenters. The van der Waals surface area contributed by atoms with Crippen LogP contribution in [0.2, 0.25) is 0 Å². The first-order valence-corrected chi connectivity index (χ1v) is 9.28. The highest BCUT2D eigenvalue weighted by Gasteiger charge is 2.16. The van der Waals surface area contributed by atoms with Gasteiger partial charge in [-0.3, -0.25) is 0 Å². The van der Waals surface area contributed by atoms with Crippen LogP contribution in [0, 0.1) is 0 Å². The molecule has 134 valence electrons. The maximum atomic E-state index is 5.53. The van der Waals surface area contributed by atoms with E-state index in [1.54, 1.807) is 19.1 Å². The van der Waals surface area contributed by atoms with Gasteiger partial charge in [0.25, 0.3) is 0 Å². The molecule has 0 unspecified atom stereocenters. The number of nitrogens with zero attached hydrogens (tertiary/aromatic N) is 3. The molecular formula is C19H20N4O2S. The Morgan fingerprint density at radius 1 is 1.00 bits per heavy atom. The SMILES string of the molecule is COc1ccc(-c2nnc(-c3ccccc3)[nH]2)cc1SN1CCOCC1. The predicted molar refractivity (Wildman–Crippen MR) is 102 cm³/mol. The first-order chi connectivity index (χ1) is 12.8. The highest BCUT2D eigenvalue weighted by atomic mass is 32.2. The van der Waals surface area contributed by atoms with Crippen LogP contribution in [-0.4, -0.2) is 52.9 Å². The Labute approximate surface area is 156 Å². The third-order valence-corrected chi connectivity index (χ3v) is 5.31. The lowest BCUT2D eigenvalue weighted by Gasteiger charge is -2.26. The van der Waals surface area contributed by atoms with E-state index in [1.807, 2.05) is 42.5 Å². The van der Waals surface area contributed by atoms with Gasteiger partial charge in [0.05, 0.1) is 25.2 Å². The summed E-state index contributed by atoms with van der Waals surface area (Å²) in [5, 5.41) is 8.60. The van der Waals surface area contributed by atoms with Gasteiger partial charge in [-0.1, -0.05) is 30.3 Å². The average Bonchev–Trinajstić information content (AvgIpc) is 3.20. The number of H-pyrrole nitrogens is 1. The molecule has 1 aliphatic rings. The van der Waals surface area contributed by atoms with E-state index in [9.17, 15) is 0 Å². The van der Waals surface area contributed by atoms with Crippen molar-refractivity contribution in [3.63, 3.8) is 0 Å². The zero-order valence-electron chi connectivity index (χ0n) is 14.5. The zero-order chi connectivity index (χ0) is 17.8. The quantitative estimate of drug-likeness (QED) is 0.696. The lowest BCUT2D eigenvalue weighted by molar-refractivity contribution is 0.0773. The number of rotatable bonds is 5. The summed E-state index contributed by atoms with van der Waals surface area (Å²) >= 11 is 1.69. The van der Waals surface area contributed by atoms with Crippen molar-refractivity contribution >= 4 is 11.9 Å². The summed E-state index contributed by atoms with van der Waals surface area (Å²) < 4.78 is 13.2. The molecule has 1 aliphatic heterocycles. The van der Waals surface area contributed by atoms with E-state index >= 15 is 0 Å². The second-order valence-corrected chi connectivity index (χ2v) is 7.03. The van der Waals surface area contributed by atoms with Gasteiger partial charge in [-0.25, -0.2) is 4.31 Å². The molecular weight excluding hydrogens is 348 g/mol. The van der Waals surface area contributed by atoms with E-state index < -0.39 is 0 Å². The maximum absolute atomic E-state index is 5.53. The second-order valence-electron chi connectivity index (χ2n) is 5.89. The van der Waals surface area contributed by atoms with Gasteiger partial charge in [0.15, 0.2) is 11.6 Å². The van der Waals surface area contributed by atoms with E-state index in [2.05, 4.69) is 25.6 Å². The molecule has 4 rings (SSSR count). The monoisotopic (exact) mass is 368 g/mol. The summed E-state index contributed by atoms with van der Waals surface area (Å²) in [6.45, 7) is 3.33. The Balaban J connectivity index is 1.60. The molecule has 26 heavy (non-hydrogen) atoms. The number of benzene rings is 2. The Bertz CT molecular complexity index is 863. The van der Waals surface area contributed by atoms with Crippen LogP contribution < -0.4 is 4.74 Å². The van der Waals surface area contributed by atoms with Gasteiger partial charge < -0.3 is 14.5 Å². The van der Waals surface area contributed by atoms with Gasteiger partial charge in [-0.15, -0.1) is 10.2 Å².